The minimum atomic E-state index is -0.745. The largest absolute Gasteiger partial charge is 0.481 e. The summed E-state index contributed by atoms with van der Waals surface area (Å²) in [6, 6.07) is 0. The van der Waals surface area contributed by atoms with Gasteiger partial charge in [-0.2, -0.15) is 0 Å². The minimum absolute atomic E-state index is 0.200. The Balaban J connectivity index is 0.000000621. The van der Waals surface area contributed by atoms with Crippen LogP contribution in [0.2, 0.25) is 0 Å². The van der Waals surface area contributed by atoms with Crippen LogP contribution in [0.1, 0.15) is 65.2 Å². The molecular formula is C15H25NO4. The summed E-state index contributed by atoms with van der Waals surface area (Å²) in [5.41, 5.74) is 0.649. The highest BCUT2D eigenvalue weighted by atomic mass is 16.4. The molecule has 0 fully saturated rings. The van der Waals surface area contributed by atoms with Crippen molar-refractivity contribution in [1.82, 2.24) is 5.32 Å². The number of imide groups is 1. The van der Waals surface area contributed by atoms with Crippen LogP contribution in [0, 0.1) is 0 Å². The Morgan fingerprint density at radius 3 is 2.10 bits per heavy atom. The Morgan fingerprint density at radius 1 is 1.10 bits per heavy atom. The summed E-state index contributed by atoms with van der Waals surface area (Å²) in [7, 11) is 0. The number of aliphatic carboxylic acids is 1. The fourth-order valence-corrected chi connectivity index (χ4v) is 1.73. The van der Waals surface area contributed by atoms with Crippen molar-refractivity contribution in [2.45, 2.75) is 65.2 Å². The maximum Gasteiger partial charge on any atom is 0.303 e. The van der Waals surface area contributed by atoms with Crippen molar-refractivity contribution in [3.8, 4) is 0 Å². The minimum Gasteiger partial charge on any atom is -0.481 e. The molecule has 0 spiro atoms. The standard InChI is InChI=1S/C12H19NO2.C3H6O2/c1-2-3-4-5-6-7-8-10-9-11(14)13-12(10)15;1-2-3(4)5/h9H,2-8H2,1H3,(H,13,14,15);2H2,1H3,(H,4,5). The van der Waals surface area contributed by atoms with Gasteiger partial charge in [0.05, 0.1) is 0 Å². The third-order valence-corrected chi connectivity index (χ3v) is 2.94. The third kappa shape index (κ3) is 9.30. The Bertz CT molecular complexity index is 361. The van der Waals surface area contributed by atoms with E-state index in [2.05, 4.69) is 12.2 Å². The average molecular weight is 283 g/mol. The summed E-state index contributed by atoms with van der Waals surface area (Å²) in [5, 5.41) is 9.98. The molecule has 0 unspecified atom stereocenters. The van der Waals surface area contributed by atoms with Crippen LogP contribution in [0.5, 0.6) is 0 Å². The number of carboxylic acids is 1. The van der Waals surface area contributed by atoms with Crippen LogP contribution >= 0.6 is 0 Å². The van der Waals surface area contributed by atoms with Gasteiger partial charge >= 0.3 is 5.97 Å². The zero-order valence-corrected chi connectivity index (χ0v) is 12.4. The van der Waals surface area contributed by atoms with Crippen molar-refractivity contribution in [1.29, 1.82) is 0 Å². The van der Waals surface area contributed by atoms with E-state index in [1.54, 1.807) is 6.92 Å². The molecule has 5 nitrogen and oxygen atoms in total. The Morgan fingerprint density at radius 2 is 1.65 bits per heavy atom. The molecule has 0 aromatic carbocycles. The highest BCUT2D eigenvalue weighted by molar-refractivity contribution is 6.16. The number of carbonyl (C=O) groups is 3. The van der Waals surface area contributed by atoms with Gasteiger partial charge in [-0.25, -0.2) is 0 Å². The molecule has 0 atom stereocenters. The molecule has 0 saturated heterocycles. The van der Waals surface area contributed by atoms with Gasteiger partial charge in [0.1, 0.15) is 0 Å². The van der Waals surface area contributed by atoms with Crippen molar-refractivity contribution < 1.29 is 19.5 Å². The molecule has 1 heterocycles. The van der Waals surface area contributed by atoms with Gasteiger partial charge in [0.2, 0.25) is 0 Å². The summed E-state index contributed by atoms with van der Waals surface area (Å²) >= 11 is 0. The molecule has 0 aromatic rings. The maximum absolute atomic E-state index is 11.2. The van der Waals surface area contributed by atoms with Crippen LogP contribution in [0.3, 0.4) is 0 Å². The van der Waals surface area contributed by atoms with E-state index >= 15 is 0 Å². The van der Waals surface area contributed by atoms with Gasteiger partial charge < -0.3 is 5.11 Å². The summed E-state index contributed by atoms with van der Waals surface area (Å²) in [6.45, 7) is 3.79. The van der Waals surface area contributed by atoms with Crippen LogP contribution in [0.25, 0.3) is 0 Å². The normalized spacial score (nSPS) is 13.4. The zero-order chi connectivity index (χ0) is 15.4. The van der Waals surface area contributed by atoms with Gasteiger partial charge in [0.25, 0.3) is 11.8 Å². The second-order valence-electron chi connectivity index (χ2n) is 4.75. The fraction of sp³-hybridized carbons (Fsp3) is 0.667. The SMILES string of the molecule is CCC(=O)O.CCCCCCCCC1=CC(=O)NC1=O. The molecule has 0 saturated carbocycles. The monoisotopic (exact) mass is 283 g/mol. The number of carboxylic acid groups (broad SMARTS) is 1. The van der Waals surface area contributed by atoms with Crippen molar-refractivity contribution in [2.24, 2.45) is 0 Å². The van der Waals surface area contributed by atoms with E-state index in [9.17, 15) is 14.4 Å². The molecule has 1 rings (SSSR count). The maximum atomic E-state index is 11.2. The molecular weight excluding hydrogens is 258 g/mol. The van der Waals surface area contributed by atoms with Crippen LogP contribution in [-0.2, 0) is 14.4 Å². The molecule has 1 aliphatic heterocycles. The first-order valence-corrected chi connectivity index (χ1v) is 7.28. The molecule has 20 heavy (non-hydrogen) atoms. The molecule has 114 valence electrons. The number of hydrogen-bond acceptors (Lipinski definition) is 3. The molecule has 2 amide bonds. The van der Waals surface area contributed by atoms with Gasteiger partial charge in [0, 0.05) is 18.1 Å². The number of hydrogen-bond donors (Lipinski definition) is 2. The Hall–Kier alpha value is -1.65. The van der Waals surface area contributed by atoms with Crippen LogP contribution in [0.15, 0.2) is 11.6 Å². The molecule has 0 aromatic heterocycles. The molecule has 0 bridgehead atoms. The number of amides is 2. The lowest BCUT2D eigenvalue weighted by atomic mass is 10.1. The van der Waals surface area contributed by atoms with Crippen molar-refractivity contribution in [2.75, 3.05) is 0 Å². The third-order valence-electron chi connectivity index (χ3n) is 2.94. The summed E-state index contributed by atoms with van der Waals surface area (Å²) in [4.78, 5) is 31.3. The average Bonchev–Trinajstić information content (AvgIpc) is 2.73. The zero-order valence-electron chi connectivity index (χ0n) is 12.4. The molecule has 5 heteroatoms. The van der Waals surface area contributed by atoms with E-state index in [4.69, 9.17) is 5.11 Å². The number of carbonyl (C=O) groups excluding carboxylic acids is 2. The first-order valence-electron chi connectivity index (χ1n) is 7.28. The summed E-state index contributed by atoms with van der Waals surface area (Å²) in [6.07, 6.45) is 9.61. The molecule has 2 N–H and O–H groups in total. The summed E-state index contributed by atoms with van der Waals surface area (Å²) in [5.74, 6) is -1.21. The quantitative estimate of drug-likeness (QED) is 0.530. The summed E-state index contributed by atoms with van der Waals surface area (Å²) < 4.78 is 0. The van der Waals surface area contributed by atoms with E-state index in [0.717, 1.165) is 19.3 Å². The number of nitrogens with one attached hydrogen (secondary N) is 1. The van der Waals surface area contributed by atoms with E-state index < -0.39 is 5.97 Å². The van der Waals surface area contributed by atoms with E-state index in [1.165, 1.54) is 31.8 Å². The van der Waals surface area contributed by atoms with Crippen molar-refractivity contribution >= 4 is 17.8 Å². The molecule has 0 radical (unpaired) electrons. The molecule has 1 aliphatic rings. The van der Waals surface area contributed by atoms with Crippen molar-refractivity contribution in [3.05, 3.63) is 11.6 Å². The second kappa shape index (κ2) is 11.2. The van der Waals surface area contributed by atoms with Gasteiger partial charge in [0.15, 0.2) is 0 Å². The predicted molar refractivity (Wildman–Crippen MR) is 77.2 cm³/mol. The first kappa shape index (κ1) is 18.4. The number of unbranched alkanes of at least 4 members (excludes halogenated alkanes) is 5. The number of rotatable bonds is 8. The van der Waals surface area contributed by atoms with Gasteiger partial charge in [-0.3, -0.25) is 19.7 Å². The van der Waals surface area contributed by atoms with E-state index in [0.29, 0.717) is 5.57 Å². The lowest BCUT2D eigenvalue weighted by molar-refractivity contribution is -0.136. The van der Waals surface area contributed by atoms with Crippen LogP contribution < -0.4 is 5.32 Å². The van der Waals surface area contributed by atoms with Crippen LogP contribution in [0.4, 0.5) is 0 Å². The lowest BCUT2D eigenvalue weighted by Crippen LogP contribution is -2.22. The van der Waals surface area contributed by atoms with Gasteiger partial charge in [-0.15, -0.1) is 0 Å². The lowest BCUT2D eigenvalue weighted by Gasteiger charge is -2.00. The molecule has 0 aliphatic carbocycles. The van der Waals surface area contributed by atoms with E-state index in [1.807, 2.05) is 0 Å². The first-order chi connectivity index (χ1) is 9.51. The van der Waals surface area contributed by atoms with E-state index in [-0.39, 0.29) is 18.2 Å². The van der Waals surface area contributed by atoms with Gasteiger partial charge in [-0.1, -0.05) is 46.0 Å². The fourth-order valence-electron chi connectivity index (χ4n) is 1.73. The second-order valence-corrected chi connectivity index (χ2v) is 4.75. The van der Waals surface area contributed by atoms with Crippen molar-refractivity contribution in [3.63, 3.8) is 0 Å². The topological polar surface area (TPSA) is 83.5 Å². The highest BCUT2D eigenvalue weighted by Gasteiger charge is 2.19. The van der Waals surface area contributed by atoms with Crippen LogP contribution in [-0.4, -0.2) is 22.9 Å². The predicted octanol–water partition coefficient (Wildman–Crippen LogP) is 2.80. The smallest absolute Gasteiger partial charge is 0.303 e. The van der Waals surface area contributed by atoms with Gasteiger partial charge in [-0.05, 0) is 12.8 Å². The Kier molecular flexibility index (Phi) is 10.3. The Labute approximate surface area is 120 Å². The highest BCUT2D eigenvalue weighted by Crippen LogP contribution is 2.14.